The molecule has 6 N–H and O–H groups in total. The lowest BCUT2D eigenvalue weighted by Crippen LogP contribution is -2.42. The van der Waals surface area contributed by atoms with Crippen molar-refractivity contribution in [2.75, 3.05) is 58.5 Å². The van der Waals surface area contributed by atoms with Crippen LogP contribution in [0.1, 0.15) is 53.7 Å². The molecule has 14 heteroatoms. The van der Waals surface area contributed by atoms with E-state index < -0.39 is 36.5 Å². The third-order valence-corrected chi connectivity index (χ3v) is 7.85. The highest BCUT2D eigenvalue weighted by Gasteiger charge is 2.35. The van der Waals surface area contributed by atoms with Crippen LogP contribution in [0.3, 0.4) is 0 Å². The molecule has 4 rings (SSSR count). The fourth-order valence-electron chi connectivity index (χ4n) is 5.39. The molecule has 0 saturated carbocycles. The zero-order valence-corrected chi connectivity index (χ0v) is 26.1. The Morgan fingerprint density at radius 1 is 1.18 bits per heavy atom. The molecule has 1 saturated heterocycles. The van der Waals surface area contributed by atoms with Gasteiger partial charge in [-0.3, -0.25) is 19.4 Å². The summed E-state index contributed by atoms with van der Waals surface area (Å²) in [6, 6.07) is 8.87. The van der Waals surface area contributed by atoms with Crippen LogP contribution in [-0.2, 0) is 29.2 Å². The highest BCUT2D eigenvalue weighted by atomic mass is 35.5. The summed E-state index contributed by atoms with van der Waals surface area (Å²) in [5.74, 6) is -1.44. The molecule has 2 heterocycles. The monoisotopic (exact) mass is 645 g/mol. The number of hydrogen-bond donors (Lipinski definition) is 6. The molecule has 0 aromatic heterocycles. The van der Waals surface area contributed by atoms with Gasteiger partial charge in [-0.25, -0.2) is 0 Å². The van der Waals surface area contributed by atoms with E-state index in [1.807, 2.05) is 12.1 Å². The molecule has 0 radical (unpaired) electrons. The standard InChI is InChI=1S/C31H40ClN5O8/c1-3-45-28(41)14-26(19-8-21(12-22(32)9-19)31(18-43-2)4-6-44-7-5-31)37-27(40)17-33-29(42)20-10-23(13-24(38)11-20)36-30-34-15-25(39)16-35-30/h8-13,25-26,38-39H,3-7,14-18H2,1-2H3,(H,33,42)(H,37,40)(H2,34,35,36)/t26-/m0/s1. The first-order chi connectivity index (χ1) is 21.6. The number of methoxy groups -OCH3 is 1. The first kappa shape index (κ1) is 34.0. The van der Waals surface area contributed by atoms with Crippen molar-refractivity contribution < 1.29 is 38.8 Å². The van der Waals surface area contributed by atoms with Gasteiger partial charge >= 0.3 is 5.97 Å². The number of hydrogen-bond acceptors (Lipinski definition) is 11. The van der Waals surface area contributed by atoms with Crippen LogP contribution in [0.4, 0.5) is 5.69 Å². The number of anilines is 1. The van der Waals surface area contributed by atoms with Crippen molar-refractivity contribution in [1.82, 2.24) is 16.0 Å². The number of guanidine groups is 1. The summed E-state index contributed by atoms with van der Waals surface area (Å²) in [4.78, 5) is 42.8. The van der Waals surface area contributed by atoms with E-state index in [4.69, 9.17) is 25.8 Å². The van der Waals surface area contributed by atoms with E-state index in [9.17, 15) is 24.6 Å². The van der Waals surface area contributed by atoms with Gasteiger partial charge in [-0.2, -0.15) is 0 Å². The third kappa shape index (κ3) is 9.54. The zero-order chi connectivity index (χ0) is 32.4. The van der Waals surface area contributed by atoms with Crippen molar-refractivity contribution >= 4 is 41.0 Å². The lowest BCUT2D eigenvalue weighted by Gasteiger charge is -2.37. The topological polar surface area (TPSA) is 180 Å². The number of aliphatic imine (C=N–C) groups is 1. The molecule has 0 spiro atoms. The van der Waals surface area contributed by atoms with E-state index in [0.717, 1.165) is 18.4 Å². The summed E-state index contributed by atoms with van der Waals surface area (Å²) in [5.41, 5.74) is 1.68. The summed E-state index contributed by atoms with van der Waals surface area (Å²) in [7, 11) is 1.64. The van der Waals surface area contributed by atoms with Crippen molar-refractivity contribution in [1.29, 1.82) is 0 Å². The summed E-state index contributed by atoms with van der Waals surface area (Å²) >= 11 is 6.57. The van der Waals surface area contributed by atoms with Crippen LogP contribution >= 0.6 is 11.6 Å². The maximum atomic E-state index is 13.1. The number of carbonyl (C=O) groups is 3. The number of esters is 1. The van der Waals surface area contributed by atoms with Gasteiger partial charge in [0.15, 0.2) is 5.96 Å². The lowest BCUT2D eigenvalue weighted by atomic mass is 9.74. The van der Waals surface area contributed by atoms with Gasteiger partial charge in [-0.15, -0.1) is 0 Å². The Bertz CT molecular complexity index is 1390. The number of benzene rings is 2. The molecule has 2 amide bonds. The van der Waals surface area contributed by atoms with E-state index in [0.29, 0.717) is 48.6 Å². The number of carbonyl (C=O) groups excluding carboxylic acids is 3. The van der Waals surface area contributed by atoms with Crippen LogP contribution in [0.25, 0.3) is 0 Å². The maximum Gasteiger partial charge on any atom is 0.308 e. The van der Waals surface area contributed by atoms with Crippen LogP contribution in [0.2, 0.25) is 5.02 Å². The summed E-state index contributed by atoms with van der Waals surface area (Å²) in [5, 5.41) is 31.5. The first-order valence-electron chi connectivity index (χ1n) is 14.8. The van der Waals surface area contributed by atoms with Crippen molar-refractivity contribution in [3.63, 3.8) is 0 Å². The molecule has 2 aromatic carbocycles. The quantitative estimate of drug-likeness (QED) is 0.187. The summed E-state index contributed by atoms with van der Waals surface area (Å²) in [6.45, 7) is 3.60. The van der Waals surface area contributed by atoms with Gasteiger partial charge < -0.3 is 45.7 Å². The van der Waals surface area contributed by atoms with Crippen molar-refractivity contribution in [3.8, 4) is 5.75 Å². The number of phenolic OH excluding ortho intramolecular Hbond substituents is 1. The second-order valence-electron chi connectivity index (χ2n) is 11.0. The van der Waals surface area contributed by atoms with Gasteiger partial charge in [0.05, 0.1) is 44.9 Å². The maximum absolute atomic E-state index is 13.1. The smallest absolute Gasteiger partial charge is 0.308 e. The fraction of sp³-hybridized carbons (Fsp3) is 0.484. The Kier molecular flexibility index (Phi) is 12.0. The molecular formula is C31H40ClN5O8. The second kappa shape index (κ2) is 15.9. The summed E-state index contributed by atoms with van der Waals surface area (Å²) < 4.78 is 16.3. The average molecular weight is 646 g/mol. The number of halogens is 1. The fourth-order valence-corrected chi connectivity index (χ4v) is 5.63. The normalized spacial score (nSPS) is 18.1. The average Bonchev–Trinajstić information content (AvgIpc) is 3.01. The highest BCUT2D eigenvalue weighted by molar-refractivity contribution is 6.30. The number of nitrogens with one attached hydrogen (secondary N) is 4. The van der Waals surface area contributed by atoms with Crippen molar-refractivity contribution in [2.24, 2.45) is 4.99 Å². The first-order valence-corrected chi connectivity index (χ1v) is 15.2. The summed E-state index contributed by atoms with van der Waals surface area (Å²) in [6.07, 6.45) is 0.706. The highest BCUT2D eigenvalue weighted by Crippen LogP contribution is 2.38. The number of aliphatic hydroxyl groups excluding tert-OH is 1. The number of nitrogens with zero attached hydrogens (tertiary/aromatic N) is 1. The second-order valence-corrected chi connectivity index (χ2v) is 11.5. The number of amides is 2. The van der Waals surface area contributed by atoms with E-state index in [1.165, 1.54) is 18.2 Å². The van der Waals surface area contributed by atoms with Crippen LogP contribution in [0.5, 0.6) is 5.75 Å². The SMILES string of the molecule is CCOC(=O)C[C@H](NC(=O)CNC(=O)c1cc(O)cc(NC2=NCC(O)CN2)c1)c1cc(Cl)cc(C2(COC)CCOCC2)c1. The number of ether oxygens (including phenoxy) is 3. The van der Waals surface area contributed by atoms with Crippen molar-refractivity contribution in [2.45, 2.75) is 43.7 Å². The minimum atomic E-state index is -0.788. The Morgan fingerprint density at radius 2 is 1.96 bits per heavy atom. The van der Waals surface area contributed by atoms with Gasteiger partial charge in [0.25, 0.3) is 5.91 Å². The van der Waals surface area contributed by atoms with Gasteiger partial charge in [0, 0.05) is 54.6 Å². The van der Waals surface area contributed by atoms with E-state index >= 15 is 0 Å². The van der Waals surface area contributed by atoms with Crippen molar-refractivity contribution in [3.05, 3.63) is 58.1 Å². The molecular weight excluding hydrogens is 606 g/mol. The lowest BCUT2D eigenvalue weighted by molar-refractivity contribution is -0.143. The number of aliphatic hydroxyl groups is 1. The Balaban J connectivity index is 1.47. The molecule has 1 fully saturated rings. The minimum Gasteiger partial charge on any atom is -0.508 e. The molecule has 13 nitrogen and oxygen atoms in total. The van der Waals surface area contributed by atoms with E-state index in [2.05, 4.69) is 26.3 Å². The predicted octanol–water partition coefficient (Wildman–Crippen LogP) is 2.01. The van der Waals surface area contributed by atoms with Gasteiger partial charge in [-0.05, 0) is 55.2 Å². The molecule has 45 heavy (non-hydrogen) atoms. The van der Waals surface area contributed by atoms with Crippen LogP contribution in [0.15, 0.2) is 41.4 Å². The molecule has 244 valence electrons. The van der Waals surface area contributed by atoms with Gasteiger partial charge in [-0.1, -0.05) is 17.7 Å². The van der Waals surface area contributed by atoms with E-state index in [-0.39, 0.29) is 36.3 Å². The molecule has 2 aliphatic heterocycles. The van der Waals surface area contributed by atoms with Gasteiger partial charge in [0.2, 0.25) is 5.91 Å². The molecule has 2 aromatic rings. The molecule has 1 unspecified atom stereocenters. The van der Waals surface area contributed by atoms with Crippen LogP contribution in [-0.4, -0.2) is 93.2 Å². The third-order valence-electron chi connectivity index (χ3n) is 7.63. The predicted molar refractivity (Wildman–Crippen MR) is 168 cm³/mol. The van der Waals surface area contributed by atoms with Crippen LogP contribution in [0, 0.1) is 0 Å². The molecule has 2 atom stereocenters. The van der Waals surface area contributed by atoms with Crippen LogP contribution < -0.4 is 21.3 Å². The van der Waals surface area contributed by atoms with Gasteiger partial charge in [0.1, 0.15) is 5.75 Å². The molecule has 0 bridgehead atoms. The number of phenols is 1. The largest absolute Gasteiger partial charge is 0.508 e. The number of β-amino-alcohol motifs (C(OH)–C–C–N with tert-alkyl or cyclic N) is 1. The number of aromatic hydroxyl groups is 1. The minimum absolute atomic E-state index is 0.101. The molecule has 0 aliphatic carbocycles. The Hall–Kier alpha value is -3.91. The molecule has 2 aliphatic rings. The Morgan fingerprint density at radius 3 is 2.64 bits per heavy atom. The van der Waals surface area contributed by atoms with E-state index in [1.54, 1.807) is 20.1 Å². The zero-order valence-electron chi connectivity index (χ0n) is 25.4. The Labute approximate surface area is 266 Å². The number of rotatable bonds is 12.